The summed E-state index contributed by atoms with van der Waals surface area (Å²) in [6, 6.07) is 12.4. The molecule has 0 saturated carbocycles. The normalized spacial score (nSPS) is 18.2. The second-order valence-corrected chi connectivity index (χ2v) is 18.1. The minimum atomic E-state index is -2.17. The number of rotatable bonds is 23. The topological polar surface area (TPSA) is 254 Å². The predicted molar refractivity (Wildman–Crippen MR) is 246 cm³/mol. The molecule has 63 heavy (non-hydrogen) atoms. The van der Waals surface area contributed by atoms with Crippen LogP contribution in [0.5, 0.6) is 0 Å². The fourth-order valence-electron chi connectivity index (χ4n) is 8.62. The monoisotopic (exact) mass is 881 g/mol. The highest BCUT2D eigenvalue weighted by Crippen LogP contribution is 2.31. The molecule has 5 amide bonds. The van der Waals surface area contributed by atoms with Crippen LogP contribution in [-0.2, 0) is 39.9 Å². The molecule has 1 aliphatic heterocycles. The van der Waals surface area contributed by atoms with Gasteiger partial charge in [0.05, 0.1) is 42.7 Å². The van der Waals surface area contributed by atoms with Gasteiger partial charge in [-0.2, -0.15) is 0 Å². The number of amides is 5. The van der Waals surface area contributed by atoms with Gasteiger partial charge in [-0.3, -0.25) is 46.1 Å². The first-order valence-corrected chi connectivity index (χ1v) is 22.1. The number of nitrogen functional groups attached to an aromatic ring is 1. The molecule has 11 N–H and O–H groups in total. The Morgan fingerprint density at radius 3 is 2.00 bits per heavy atom. The zero-order valence-corrected chi connectivity index (χ0v) is 39.3. The lowest BCUT2D eigenvalue weighted by molar-refractivity contribution is -0.160. The van der Waals surface area contributed by atoms with Crippen LogP contribution in [0, 0.1) is 23.7 Å². The molecular formula is C46H76N10O7. The van der Waals surface area contributed by atoms with Gasteiger partial charge >= 0.3 is 0 Å². The summed E-state index contributed by atoms with van der Waals surface area (Å²) in [6.45, 7) is 13.7. The highest BCUT2D eigenvalue weighted by atomic mass is 16.5. The Morgan fingerprint density at radius 2 is 1.48 bits per heavy atom. The lowest BCUT2D eigenvalue weighted by Gasteiger charge is -2.41. The molecule has 17 nitrogen and oxygen atoms in total. The number of anilines is 2. The number of likely N-dealkylation sites (N-methyl/N-ethyl adjacent to an activating group) is 2. The van der Waals surface area contributed by atoms with Crippen molar-refractivity contribution < 1.29 is 33.4 Å². The van der Waals surface area contributed by atoms with Crippen molar-refractivity contribution in [1.82, 2.24) is 25.3 Å². The van der Waals surface area contributed by atoms with Crippen LogP contribution >= 0.6 is 0 Å². The number of carbonyl (C=O) groups excluding carboxylic acids is 5. The fourth-order valence-corrected chi connectivity index (χ4v) is 8.62. The van der Waals surface area contributed by atoms with Gasteiger partial charge in [0.2, 0.25) is 35.5 Å². The number of likely N-dealkylation sites (tertiary alicyclic amines) is 1. The number of carbonyl (C=O) groups is 5. The third-order valence-electron chi connectivity index (χ3n) is 12.1. The van der Waals surface area contributed by atoms with Crippen LogP contribution in [0.25, 0.3) is 0 Å². The molecule has 352 valence electrons. The minimum absolute atomic E-state index is 0.00847. The summed E-state index contributed by atoms with van der Waals surface area (Å²) in [5.41, 5.74) is 25.8. The van der Waals surface area contributed by atoms with Gasteiger partial charge in [-0.05, 0) is 74.5 Å². The van der Waals surface area contributed by atoms with E-state index in [9.17, 15) is 24.0 Å². The lowest BCUT2D eigenvalue weighted by atomic mass is 9.89. The summed E-state index contributed by atoms with van der Waals surface area (Å²) in [7, 11) is 6.88. The molecule has 0 bridgehead atoms. The first kappa shape index (κ1) is 52.7. The van der Waals surface area contributed by atoms with E-state index in [1.54, 1.807) is 48.0 Å². The molecule has 0 radical (unpaired) electrons. The molecule has 2 aromatic carbocycles. The summed E-state index contributed by atoms with van der Waals surface area (Å²) in [5, 5.41) is 8.79. The number of benzene rings is 2. The molecule has 17 heteroatoms. The second kappa shape index (κ2) is 23.9. The highest BCUT2D eigenvalue weighted by Gasteiger charge is 2.45. The van der Waals surface area contributed by atoms with Crippen molar-refractivity contribution in [1.29, 1.82) is 0 Å². The number of nitrogens with two attached hydrogens (primary N) is 4. The van der Waals surface area contributed by atoms with Crippen LogP contribution in [0.15, 0.2) is 54.6 Å². The molecule has 1 heterocycles. The number of nitrogens with one attached hydrogen (secondary N) is 3. The Labute approximate surface area is 374 Å². The maximum absolute atomic E-state index is 14.5. The Bertz CT molecular complexity index is 1780. The van der Waals surface area contributed by atoms with Crippen LogP contribution < -0.4 is 38.9 Å². The first-order valence-electron chi connectivity index (χ1n) is 22.1. The predicted octanol–water partition coefficient (Wildman–Crippen LogP) is 2.44. The van der Waals surface area contributed by atoms with Gasteiger partial charge in [-0.15, -0.1) is 0 Å². The van der Waals surface area contributed by atoms with Crippen LogP contribution in [0.1, 0.15) is 79.7 Å². The highest BCUT2D eigenvalue weighted by molar-refractivity contribution is 5.98. The van der Waals surface area contributed by atoms with E-state index in [4.69, 9.17) is 32.4 Å². The van der Waals surface area contributed by atoms with Crippen LogP contribution in [0.2, 0.25) is 0 Å². The molecule has 1 saturated heterocycles. The zero-order chi connectivity index (χ0) is 47.3. The van der Waals surface area contributed by atoms with E-state index in [0.29, 0.717) is 37.2 Å². The average molecular weight is 881 g/mol. The molecule has 0 spiro atoms. The molecule has 0 aliphatic carbocycles. The average Bonchev–Trinajstić information content (AvgIpc) is 3.71. The van der Waals surface area contributed by atoms with E-state index in [0.717, 1.165) is 5.56 Å². The summed E-state index contributed by atoms with van der Waals surface area (Å²) >= 11 is 0. The van der Waals surface area contributed by atoms with Crippen molar-refractivity contribution in [3.8, 4) is 0 Å². The van der Waals surface area contributed by atoms with E-state index in [-0.39, 0.29) is 48.3 Å². The van der Waals surface area contributed by atoms with E-state index in [1.165, 1.54) is 7.11 Å². The maximum Gasteiger partial charge on any atom is 0.247 e. The minimum Gasteiger partial charge on any atom is -0.399 e. The van der Waals surface area contributed by atoms with Gasteiger partial charge in [0.25, 0.3) is 0 Å². The molecular weight excluding hydrogens is 805 g/mol. The van der Waals surface area contributed by atoms with Gasteiger partial charge in [0, 0.05) is 38.5 Å². The quantitative estimate of drug-likeness (QED) is 0.0628. The molecule has 3 rings (SSSR count). The summed E-state index contributed by atoms with van der Waals surface area (Å²) in [6.07, 6.45) is -0.0489. The number of methoxy groups -OCH3 is 1. The van der Waals surface area contributed by atoms with Gasteiger partial charge in [-0.25, -0.2) is 0 Å². The Kier molecular flexibility index (Phi) is 20.0. The first-order chi connectivity index (χ1) is 29.5. The number of nitrogens with zero attached hydrogens (tertiary/aromatic N) is 3. The molecule has 0 aromatic heterocycles. The van der Waals surface area contributed by atoms with Crippen molar-refractivity contribution >= 4 is 40.9 Å². The third-order valence-corrected chi connectivity index (χ3v) is 12.1. The van der Waals surface area contributed by atoms with Gasteiger partial charge in [-0.1, -0.05) is 85.2 Å². The zero-order valence-electron chi connectivity index (χ0n) is 39.3. The van der Waals surface area contributed by atoms with Gasteiger partial charge in [0.1, 0.15) is 12.1 Å². The largest absolute Gasteiger partial charge is 0.399 e. The van der Waals surface area contributed by atoms with E-state index in [2.05, 4.69) is 16.0 Å². The Hall–Kier alpha value is -4.65. The number of hydrogen-bond acceptors (Lipinski definition) is 12. The maximum atomic E-state index is 14.5. The van der Waals surface area contributed by atoms with Crippen molar-refractivity contribution in [3.63, 3.8) is 0 Å². The fraction of sp³-hybridized carbons (Fsp3) is 0.630. The SMILES string of the molecule is CC[C@H](C)[C@@H]([C@@H](CC(=O)N1CCC[C@H]1[C@H](OC(N)(N)N)[C@@H](C)C(=O)N[C@@H](Cc1ccccc1)C(=O)Nc1ccc(N)cc1)OC)N(C)C(=O)[C@@H](NC(=O)[C@H](C(C)C)N(C)C)C(C)C. The van der Waals surface area contributed by atoms with E-state index >= 15 is 0 Å². The molecule has 1 fully saturated rings. The van der Waals surface area contributed by atoms with Crippen molar-refractivity contribution in [2.75, 3.05) is 45.8 Å². The second-order valence-electron chi connectivity index (χ2n) is 18.1. The van der Waals surface area contributed by atoms with Crippen LogP contribution in [0.3, 0.4) is 0 Å². The summed E-state index contributed by atoms with van der Waals surface area (Å²) < 4.78 is 12.1. The lowest BCUT2D eigenvalue weighted by Crippen LogP contribution is -2.65. The standard InChI is InChI=1S/C46H76N10O7/c1-12-29(6)40(55(10)45(61)38(27(2)3)53-44(60)39(28(4)5)54(8)9)36(62-11)26-37(57)56-24-16-19-35(56)41(63-46(48,49)50)30(7)42(58)52-34(25-31-17-14-13-15-18-31)43(59)51-33-22-20-32(47)21-23-33/h13-15,17-18,20-23,27-30,34-36,38-41H,12,16,19,24-26,47-50H2,1-11H3,(H,51,59)(H,52,58)(H,53,60)/t29-,30+,34-,35-,36+,38-,39-,40-,41+/m0/s1. The molecule has 0 unspecified atom stereocenters. The van der Waals surface area contributed by atoms with Gasteiger partial charge < -0.3 is 41.0 Å². The van der Waals surface area contributed by atoms with E-state index in [1.807, 2.05) is 90.9 Å². The smallest absolute Gasteiger partial charge is 0.247 e. The van der Waals surface area contributed by atoms with Crippen molar-refractivity contribution in [2.24, 2.45) is 40.9 Å². The third kappa shape index (κ3) is 15.0. The molecule has 9 atom stereocenters. The summed E-state index contributed by atoms with van der Waals surface area (Å²) in [4.78, 5) is 75.5. The molecule has 1 aliphatic rings. The number of ether oxygens (including phenoxy) is 2. The molecule has 2 aromatic rings. The van der Waals surface area contributed by atoms with Crippen molar-refractivity contribution in [3.05, 3.63) is 60.2 Å². The van der Waals surface area contributed by atoms with Gasteiger partial charge in [0.15, 0.2) is 0 Å². The number of hydrogen-bond donors (Lipinski definition) is 7. The van der Waals surface area contributed by atoms with Crippen molar-refractivity contribution in [2.45, 2.75) is 129 Å². The summed E-state index contributed by atoms with van der Waals surface area (Å²) in [5.74, 6) is -5.30. The van der Waals surface area contributed by atoms with Crippen LogP contribution in [-0.4, -0.2) is 127 Å². The Balaban J connectivity index is 1.89. The van der Waals surface area contributed by atoms with Crippen LogP contribution in [0.4, 0.5) is 11.4 Å². The Morgan fingerprint density at radius 1 is 0.857 bits per heavy atom. The van der Waals surface area contributed by atoms with E-state index < -0.39 is 66.1 Å².